The first-order chi connectivity index (χ1) is 5.92. The molecule has 0 saturated heterocycles. The van der Waals surface area contributed by atoms with Gasteiger partial charge in [-0.1, -0.05) is 0 Å². The second-order valence-corrected chi connectivity index (χ2v) is 2.38. The van der Waals surface area contributed by atoms with Gasteiger partial charge in [-0.15, -0.1) is 0 Å². The SMILES string of the molecule is [C-]#[N+]Cc1ncnc2[nH]ccc12. The van der Waals surface area contributed by atoms with Crippen LogP contribution in [0.3, 0.4) is 0 Å². The van der Waals surface area contributed by atoms with E-state index in [0.717, 1.165) is 16.7 Å². The Morgan fingerprint density at radius 3 is 3.25 bits per heavy atom. The topological polar surface area (TPSA) is 45.9 Å². The fourth-order valence-corrected chi connectivity index (χ4v) is 1.13. The lowest BCUT2D eigenvalue weighted by Crippen LogP contribution is -1.88. The van der Waals surface area contributed by atoms with Crippen LogP contribution in [0.1, 0.15) is 5.69 Å². The first-order valence-electron chi connectivity index (χ1n) is 3.52. The summed E-state index contributed by atoms with van der Waals surface area (Å²) in [5, 5.41) is 0.938. The molecule has 0 spiro atoms. The predicted molar refractivity (Wildman–Crippen MR) is 44.2 cm³/mol. The van der Waals surface area contributed by atoms with Crippen LogP contribution in [0.5, 0.6) is 0 Å². The van der Waals surface area contributed by atoms with Crippen molar-refractivity contribution in [2.24, 2.45) is 0 Å². The lowest BCUT2D eigenvalue weighted by atomic mass is 10.3. The summed E-state index contributed by atoms with van der Waals surface area (Å²) in [4.78, 5) is 14.3. The fraction of sp³-hybridized carbons (Fsp3) is 0.125. The molecule has 1 N–H and O–H groups in total. The standard InChI is InChI=1S/C8H6N4/c1-9-4-7-6-2-3-10-8(6)12-5-11-7/h2-3,5H,4H2,(H,10,11,12). The third-order valence-corrected chi connectivity index (χ3v) is 1.67. The molecule has 2 heterocycles. The largest absolute Gasteiger partial charge is 0.346 e. The van der Waals surface area contributed by atoms with Gasteiger partial charge in [0.25, 0.3) is 6.54 Å². The summed E-state index contributed by atoms with van der Waals surface area (Å²) in [5.74, 6) is 0. The van der Waals surface area contributed by atoms with E-state index < -0.39 is 0 Å². The van der Waals surface area contributed by atoms with Gasteiger partial charge in [0.2, 0.25) is 0 Å². The third-order valence-electron chi connectivity index (χ3n) is 1.67. The Labute approximate surface area is 69.1 Å². The number of hydrogen-bond acceptors (Lipinski definition) is 2. The smallest absolute Gasteiger partial charge is 0.257 e. The van der Waals surface area contributed by atoms with Crippen molar-refractivity contribution in [3.8, 4) is 0 Å². The molecule has 0 bridgehead atoms. The van der Waals surface area contributed by atoms with Gasteiger partial charge in [-0.2, -0.15) is 0 Å². The summed E-state index contributed by atoms with van der Waals surface area (Å²) in [6.45, 7) is 7.04. The molecule has 0 unspecified atom stereocenters. The zero-order chi connectivity index (χ0) is 8.39. The Hall–Kier alpha value is -1.89. The van der Waals surface area contributed by atoms with E-state index in [9.17, 15) is 0 Å². The average Bonchev–Trinajstić information content (AvgIpc) is 2.53. The highest BCUT2D eigenvalue weighted by Crippen LogP contribution is 2.12. The second-order valence-electron chi connectivity index (χ2n) is 2.38. The van der Waals surface area contributed by atoms with E-state index in [1.807, 2.05) is 6.07 Å². The molecule has 0 atom stereocenters. The molecule has 0 fully saturated rings. The number of nitrogens with one attached hydrogen (secondary N) is 1. The van der Waals surface area contributed by atoms with Crippen molar-refractivity contribution < 1.29 is 0 Å². The molecule has 2 rings (SSSR count). The van der Waals surface area contributed by atoms with Gasteiger partial charge >= 0.3 is 0 Å². The Bertz CT molecular complexity index is 437. The van der Waals surface area contributed by atoms with Crippen molar-refractivity contribution in [1.82, 2.24) is 15.0 Å². The Kier molecular flexibility index (Phi) is 1.49. The summed E-state index contributed by atoms with van der Waals surface area (Å²) in [6, 6.07) is 1.88. The Morgan fingerprint density at radius 1 is 1.50 bits per heavy atom. The van der Waals surface area contributed by atoms with E-state index in [1.165, 1.54) is 6.33 Å². The zero-order valence-electron chi connectivity index (χ0n) is 6.28. The first kappa shape index (κ1) is 6.80. The molecule has 12 heavy (non-hydrogen) atoms. The van der Waals surface area contributed by atoms with Crippen LogP contribution in [0.25, 0.3) is 15.9 Å². The number of rotatable bonds is 1. The molecule has 0 aliphatic carbocycles. The maximum Gasteiger partial charge on any atom is 0.257 e. The molecule has 4 nitrogen and oxygen atoms in total. The number of fused-ring (bicyclic) bond motifs is 1. The van der Waals surface area contributed by atoms with Crippen molar-refractivity contribution in [2.45, 2.75) is 6.54 Å². The van der Waals surface area contributed by atoms with E-state index in [-0.39, 0.29) is 0 Å². The molecular formula is C8H6N4. The maximum absolute atomic E-state index is 6.72. The van der Waals surface area contributed by atoms with Gasteiger partial charge in [0.15, 0.2) is 0 Å². The summed E-state index contributed by atoms with van der Waals surface area (Å²) in [7, 11) is 0. The molecule has 0 radical (unpaired) electrons. The molecule has 2 aromatic rings. The average molecular weight is 158 g/mol. The number of hydrogen-bond donors (Lipinski definition) is 1. The van der Waals surface area contributed by atoms with Crippen LogP contribution in [0.4, 0.5) is 0 Å². The number of aromatic nitrogens is 3. The van der Waals surface area contributed by atoms with Crippen molar-refractivity contribution in [2.75, 3.05) is 0 Å². The van der Waals surface area contributed by atoms with Gasteiger partial charge < -0.3 is 9.83 Å². The van der Waals surface area contributed by atoms with Crippen molar-refractivity contribution >= 4 is 11.0 Å². The molecule has 0 aliphatic heterocycles. The molecule has 0 saturated carbocycles. The summed E-state index contributed by atoms with van der Waals surface area (Å²) in [6.07, 6.45) is 3.27. The summed E-state index contributed by atoms with van der Waals surface area (Å²) >= 11 is 0. The molecule has 4 heteroatoms. The van der Waals surface area contributed by atoms with E-state index in [1.54, 1.807) is 6.20 Å². The van der Waals surface area contributed by atoms with Crippen molar-refractivity contribution in [3.63, 3.8) is 0 Å². The van der Waals surface area contributed by atoms with Crippen LogP contribution >= 0.6 is 0 Å². The highest BCUT2D eigenvalue weighted by Gasteiger charge is 2.04. The van der Waals surface area contributed by atoms with Crippen LogP contribution in [0.2, 0.25) is 0 Å². The minimum atomic E-state index is 0.316. The highest BCUT2D eigenvalue weighted by molar-refractivity contribution is 5.77. The van der Waals surface area contributed by atoms with Gasteiger partial charge in [-0.05, 0) is 6.07 Å². The van der Waals surface area contributed by atoms with E-state index >= 15 is 0 Å². The van der Waals surface area contributed by atoms with E-state index in [4.69, 9.17) is 6.57 Å². The maximum atomic E-state index is 6.72. The van der Waals surface area contributed by atoms with Gasteiger partial charge in [-0.25, -0.2) is 16.5 Å². The molecule has 2 aromatic heterocycles. The van der Waals surface area contributed by atoms with Crippen LogP contribution in [0.15, 0.2) is 18.6 Å². The number of aromatic amines is 1. The Morgan fingerprint density at radius 2 is 2.42 bits per heavy atom. The highest BCUT2D eigenvalue weighted by atomic mass is 14.9. The minimum Gasteiger partial charge on any atom is -0.346 e. The normalized spacial score (nSPS) is 9.92. The van der Waals surface area contributed by atoms with E-state index in [0.29, 0.717) is 6.54 Å². The van der Waals surface area contributed by atoms with E-state index in [2.05, 4.69) is 19.8 Å². The molecule has 0 aliphatic rings. The van der Waals surface area contributed by atoms with Crippen LogP contribution in [0, 0.1) is 6.57 Å². The molecule has 0 amide bonds. The van der Waals surface area contributed by atoms with Crippen molar-refractivity contribution in [3.05, 3.63) is 35.7 Å². The van der Waals surface area contributed by atoms with Crippen LogP contribution < -0.4 is 0 Å². The summed E-state index contributed by atoms with van der Waals surface area (Å²) in [5.41, 5.74) is 1.58. The van der Waals surface area contributed by atoms with Gasteiger partial charge in [0.1, 0.15) is 17.7 Å². The minimum absolute atomic E-state index is 0.316. The first-order valence-corrected chi connectivity index (χ1v) is 3.52. The number of H-pyrrole nitrogens is 1. The van der Waals surface area contributed by atoms with Crippen LogP contribution in [-0.4, -0.2) is 15.0 Å². The lowest BCUT2D eigenvalue weighted by molar-refractivity contribution is 1.08. The number of nitrogens with zero attached hydrogens (tertiary/aromatic N) is 3. The van der Waals surface area contributed by atoms with Crippen molar-refractivity contribution in [1.29, 1.82) is 0 Å². The summed E-state index contributed by atoms with van der Waals surface area (Å²) < 4.78 is 0. The van der Waals surface area contributed by atoms with Gasteiger partial charge in [-0.3, -0.25) is 0 Å². The zero-order valence-corrected chi connectivity index (χ0v) is 6.28. The molecular weight excluding hydrogens is 152 g/mol. The fourth-order valence-electron chi connectivity index (χ4n) is 1.13. The third kappa shape index (κ3) is 0.920. The molecule has 0 aromatic carbocycles. The van der Waals surface area contributed by atoms with Crippen LogP contribution in [-0.2, 0) is 6.54 Å². The van der Waals surface area contributed by atoms with Gasteiger partial charge in [0.05, 0.1) is 0 Å². The predicted octanol–water partition coefficient (Wildman–Crippen LogP) is 1.38. The lowest BCUT2D eigenvalue weighted by Gasteiger charge is -1.91. The van der Waals surface area contributed by atoms with Gasteiger partial charge in [0, 0.05) is 11.6 Å². The second kappa shape index (κ2) is 2.62. The monoisotopic (exact) mass is 158 g/mol. The Balaban J connectivity index is 2.67. The molecule has 58 valence electrons. The quantitative estimate of drug-likeness (QED) is 0.637.